The zero-order valence-electron chi connectivity index (χ0n) is 11.0. The van der Waals surface area contributed by atoms with Crippen LogP contribution in [0.1, 0.15) is 40.0 Å². The number of rotatable bonds is 8. The van der Waals surface area contributed by atoms with E-state index in [9.17, 15) is 0 Å². The topological polar surface area (TPSA) is 30.5 Å². The molecule has 0 spiro atoms. The highest BCUT2D eigenvalue weighted by atomic mass is 16.5. The second-order valence-corrected chi connectivity index (χ2v) is 4.51. The largest absolute Gasteiger partial charge is 0.380 e. The first kappa shape index (κ1) is 13.9. The molecule has 3 unspecified atom stereocenters. The Morgan fingerprint density at radius 1 is 1.38 bits per heavy atom. The molecule has 0 bridgehead atoms. The molecule has 1 heterocycles. The maximum absolute atomic E-state index is 5.75. The summed E-state index contributed by atoms with van der Waals surface area (Å²) >= 11 is 0. The molecule has 16 heavy (non-hydrogen) atoms. The van der Waals surface area contributed by atoms with Gasteiger partial charge in [-0.3, -0.25) is 0 Å². The number of hydrogen-bond donors (Lipinski definition) is 1. The molecule has 0 aliphatic carbocycles. The summed E-state index contributed by atoms with van der Waals surface area (Å²) in [5.74, 6) is 0.627. The Bertz CT molecular complexity index is 175. The predicted octanol–water partition coefficient (Wildman–Crippen LogP) is 2.21. The monoisotopic (exact) mass is 229 g/mol. The molecular formula is C13H27NO2. The standard InChI is InChI=1S/C13H27NO2/c1-4-8-15-10-12(14-6-3)11-7-9-16-13(11)5-2/h11-14H,4-10H2,1-3H3. The van der Waals surface area contributed by atoms with Crippen LogP contribution in [0.3, 0.4) is 0 Å². The van der Waals surface area contributed by atoms with Crippen LogP contribution >= 0.6 is 0 Å². The van der Waals surface area contributed by atoms with Crippen LogP contribution in [0.25, 0.3) is 0 Å². The Morgan fingerprint density at radius 3 is 2.81 bits per heavy atom. The molecule has 3 heteroatoms. The van der Waals surface area contributed by atoms with Gasteiger partial charge < -0.3 is 14.8 Å². The molecule has 3 nitrogen and oxygen atoms in total. The van der Waals surface area contributed by atoms with E-state index in [1.807, 2.05) is 0 Å². The van der Waals surface area contributed by atoms with Crippen LogP contribution in [0.2, 0.25) is 0 Å². The van der Waals surface area contributed by atoms with Gasteiger partial charge in [0.25, 0.3) is 0 Å². The van der Waals surface area contributed by atoms with Crippen LogP contribution in [-0.2, 0) is 9.47 Å². The lowest BCUT2D eigenvalue weighted by molar-refractivity contribution is 0.0490. The van der Waals surface area contributed by atoms with E-state index in [4.69, 9.17) is 9.47 Å². The van der Waals surface area contributed by atoms with Gasteiger partial charge in [0, 0.05) is 25.2 Å². The molecule has 0 aromatic heterocycles. The Hall–Kier alpha value is -0.120. The van der Waals surface area contributed by atoms with Crippen molar-refractivity contribution in [3.05, 3.63) is 0 Å². The minimum absolute atomic E-state index is 0.425. The predicted molar refractivity (Wildman–Crippen MR) is 66.7 cm³/mol. The van der Waals surface area contributed by atoms with E-state index in [0.29, 0.717) is 18.1 Å². The highest BCUT2D eigenvalue weighted by molar-refractivity contribution is 4.85. The third-order valence-electron chi connectivity index (χ3n) is 3.29. The van der Waals surface area contributed by atoms with Crippen molar-refractivity contribution in [1.82, 2.24) is 5.32 Å². The fraction of sp³-hybridized carbons (Fsp3) is 1.00. The van der Waals surface area contributed by atoms with E-state index in [-0.39, 0.29) is 0 Å². The van der Waals surface area contributed by atoms with E-state index in [1.165, 1.54) is 6.42 Å². The number of likely N-dealkylation sites (N-methyl/N-ethyl adjacent to an activating group) is 1. The summed E-state index contributed by atoms with van der Waals surface area (Å²) in [6.45, 7) is 10.1. The summed E-state index contributed by atoms with van der Waals surface area (Å²) < 4.78 is 11.4. The summed E-state index contributed by atoms with van der Waals surface area (Å²) in [5.41, 5.74) is 0. The molecule has 0 aromatic rings. The SMILES string of the molecule is CCCOCC(NCC)C1CCOC1CC. The Labute approximate surface area is 99.9 Å². The average molecular weight is 229 g/mol. The van der Waals surface area contributed by atoms with Crippen molar-refractivity contribution in [3.8, 4) is 0 Å². The van der Waals surface area contributed by atoms with Crippen LogP contribution < -0.4 is 5.32 Å². The van der Waals surface area contributed by atoms with Crippen molar-refractivity contribution in [2.24, 2.45) is 5.92 Å². The first-order valence-electron chi connectivity index (χ1n) is 6.76. The molecule has 1 aliphatic heterocycles. The van der Waals surface area contributed by atoms with Crippen LogP contribution in [0.5, 0.6) is 0 Å². The fourth-order valence-electron chi connectivity index (χ4n) is 2.50. The van der Waals surface area contributed by atoms with Crippen molar-refractivity contribution in [3.63, 3.8) is 0 Å². The van der Waals surface area contributed by atoms with Crippen molar-refractivity contribution in [2.45, 2.75) is 52.2 Å². The Kier molecular flexibility index (Phi) is 7.01. The summed E-state index contributed by atoms with van der Waals surface area (Å²) in [4.78, 5) is 0. The number of hydrogen-bond acceptors (Lipinski definition) is 3. The van der Waals surface area contributed by atoms with Crippen LogP contribution in [0.4, 0.5) is 0 Å². The molecule has 96 valence electrons. The average Bonchev–Trinajstić information content (AvgIpc) is 2.76. The van der Waals surface area contributed by atoms with Crippen molar-refractivity contribution >= 4 is 0 Å². The van der Waals surface area contributed by atoms with E-state index >= 15 is 0 Å². The molecule has 3 atom stereocenters. The maximum atomic E-state index is 5.75. The molecule has 0 amide bonds. The highest BCUT2D eigenvalue weighted by Crippen LogP contribution is 2.26. The van der Waals surface area contributed by atoms with Crippen LogP contribution in [0.15, 0.2) is 0 Å². The molecule has 1 rings (SSSR count). The lowest BCUT2D eigenvalue weighted by Gasteiger charge is -2.27. The van der Waals surface area contributed by atoms with Gasteiger partial charge >= 0.3 is 0 Å². The number of nitrogens with one attached hydrogen (secondary N) is 1. The molecule has 1 fully saturated rings. The van der Waals surface area contributed by atoms with E-state index < -0.39 is 0 Å². The van der Waals surface area contributed by atoms with Gasteiger partial charge in [-0.15, -0.1) is 0 Å². The zero-order valence-corrected chi connectivity index (χ0v) is 11.0. The minimum atomic E-state index is 0.425. The van der Waals surface area contributed by atoms with E-state index in [2.05, 4.69) is 26.1 Å². The van der Waals surface area contributed by atoms with Crippen molar-refractivity contribution in [1.29, 1.82) is 0 Å². The fourth-order valence-corrected chi connectivity index (χ4v) is 2.50. The van der Waals surface area contributed by atoms with Gasteiger partial charge in [0.05, 0.1) is 12.7 Å². The van der Waals surface area contributed by atoms with Gasteiger partial charge in [0.1, 0.15) is 0 Å². The normalized spacial score (nSPS) is 27.2. The van der Waals surface area contributed by atoms with Gasteiger partial charge in [-0.2, -0.15) is 0 Å². The third kappa shape index (κ3) is 4.04. The number of ether oxygens (including phenoxy) is 2. The molecule has 0 radical (unpaired) electrons. The summed E-state index contributed by atoms with van der Waals surface area (Å²) in [6, 6.07) is 0.462. The Balaban J connectivity index is 2.40. The molecule has 0 saturated carbocycles. The third-order valence-corrected chi connectivity index (χ3v) is 3.29. The van der Waals surface area contributed by atoms with Gasteiger partial charge in [-0.25, -0.2) is 0 Å². The van der Waals surface area contributed by atoms with Crippen LogP contribution in [0, 0.1) is 5.92 Å². The van der Waals surface area contributed by atoms with Crippen molar-refractivity contribution < 1.29 is 9.47 Å². The minimum Gasteiger partial charge on any atom is -0.380 e. The van der Waals surface area contributed by atoms with Gasteiger partial charge in [0.2, 0.25) is 0 Å². The van der Waals surface area contributed by atoms with Gasteiger partial charge in [0.15, 0.2) is 0 Å². The summed E-state index contributed by atoms with van der Waals surface area (Å²) in [7, 11) is 0. The molecular weight excluding hydrogens is 202 g/mol. The zero-order chi connectivity index (χ0) is 11.8. The summed E-state index contributed by atoms with van der Waals surface area (Å²) in [6.07, 6.45) is 3.80. The van der Waals surface area contributed by atoms with Crippen molar-refractivity contribution in [2.75, 3.05) is 26.4 Å². The molecule has 0 aromatic carbocycles. The second kappa shape index (κ2) is 8.04. The lowest BCUT2D eigenvalue weighted by atomic mass is 9.91. The molecule has 1 aliphatic rings. The van der Waals surface area contributed by atoms with E-state index in [1.54, 1.807) is 0 Å². The smallest absolute Gasteiger partial charge is 0.0623 e. The van der Waals surface area contributed by atoms with E-state index in [0.717, 1.165) is 39.2 Å². The maximum Gasteiger partial charge on any atom is 0.0623 e. The first-order valence-corrected chi connectivity index (χ1v) is 6.76. The summed E-state index contributed by atoms with van der Waals surface area (Å²) in [5, 5.41) is 3.54. The molecule has 1 saturated heterocycles. The lowest BCUT2D eigenvalue weighted by Crippen LogP contribution is -2.43. The Morgan fingerprint density at radius 2 is 2.19 bits per heavy atom. The quantitative estimate of drug-likeness (QED) is 0.647. The highest BCUT2D eigenvalue weighted by Gasteiger charge is 2.33. The molecule has 1 N–H and O–H groups in total. The van der Waals surface area contributed by atoms with Gasteiger partial charge in [-0.1, -0.05) is 20.8 Å². The first-order chi connectivity index (χ1) is 7.83. The van der Waals surface area contributed by atoms with Crippen LogP contribution in [-0.4, -0.2) is 38.5 Å². The second-order valence-electron chi connectivity index (χ2n) is 4.51. The van der Waals surface area contributed by atoms with Gasteiger partial charge in [-0.05, 0) is 25.8 Å².